The minimum atomic E-state index is 0. The lowest BCUT2D eigenvalue weighted by Gasteiger charge is -2.09. The third-order valence-electron chi connectivity index (χ3n) is 4.65. The van der Waals surface area contributed by atoms with Crippen LogP contribution in [0.1, 0.15) is 7.43 Å². The van der Waals surface area contributed by atoms with Crippen molar-refractivity contribution in [1.82, 2.24) is 0 Å². The van der Waals surface area contributed by atoms with Crippen LogP contribution in [-0.4, -0.2) is 0 Å². The Labute approximate surface area is 136 Å². The number of fused-ring (bicyclic) bond motifs is 7. The molecule has 5 aromatic rings. The van der Waals surface area contributed by atoms with Crippen LogP contribution in [0.3, 0.4) is 0 Å². The second kappa shape index (κ2) is 5.10. The molecule has 0 radical (unpaired) electrons. The van der Waals surface area contributed by atoms with Crippen molar-refractivity contribution in [2.24, 2.45) is 0 Å². The van der Waals surface area contributed by atoms with Gasteiger partial charge in [0.2, 0.25) is 0 Å². The molecular weight excluding hydrogens is 276 g/mol. The number of rotatable bonds is 0. The van der Waals surface area contributed by atoms with Crippen molar-refractivity contribution in [2.75, 3.05) is 0 Å². The van der Waals surface area contributed by atoms with E-state index < -0.39 is 0 Å². The van der Waals surface area contributed by atoms with E-state index in [9.17, 15) is 0 Å². The molecule has 0 fully saturated rings. The topological polar surface area (TPSA) is 0 Å². The maximum absolute atomic E-state index is 2.27. The van der Waals surface area contributed by atoms with Gasteiger partial charge < -0.3 is 0 Å². The second-order valence-electron chi connectivity index (χ2n) is 5.83. The zero-order chi connectivity index (χ0) is 14.5. The molecule has 5 rings (SSSR count). The quantitative estimate of drug-likeness (QED) is 0.271. The zero-order valence-electron chi connectivity index (χ0n) is 12.1. The van der Waals surface area contributed by atoms with Crippen LogP contribution < -0.4 is 0 Å². The van der Waals surface area contributed by atoms with E-state index in [0.717, 1.165) is 0 Å². The Hall–Kier alpha value is -2.86. The maximum atomic E-state index is 2.27. The highest BCUT2D eigenvalue weighted by Gasteiger charge is 2.06. The first-order chi connectivity index (χ1) is 10.9. The Morgan fingerprint density at radius 3 is 1.13 bits per heavy atom. The van der Waals surface area contributed by atoms with Crippen LogP contribution >= 0.6 is 0 Å². The van der Waals surface area contributed by atoms with Crippen LogP contribution in [0.4, 0.5) is 0 Å². The van der Waals surface area contributed by atoms with Crippen LogP contribution in [0, 0.1) is 0 Å². The molecule has 0 aliphatic rings. The summed E-state index contributed by atoms with van der Waals surface area (Å²) in [5, 5.41) is 10.6. The largest absolute Gasteiger partial charge is 0.0776 e. The van der Waals surface area contributed by atoms with Crippen molar-refractivity contribution in [3.05, 3.63) is 84.9 Å². The van der Waals surface area contributed by atoms with Gasteiger partial charge in [-0.05, 0) is 43.1 Å². The lowest BCUT2D eigenvalue weighted by atomic mass is 9.94. The van der Waals surface area contributed by atoms with E-state index in [1.165, 1.54) is 43.1 Å². The Bertz CT molecular complexity index is 1070. The van der Waals surface area contributed by atoms with Gasteiger partial charge in [-0.3, -0.25) is 0 Å². The molecule has 5 aromatic carbocycles. The Morgan fingerprint density at radius 1 is 0.304 bits per heavy atom. The predicted molar refractivity (Wildman–Crippen MR) is 103 cm³/mol. The van der Waals surface area contributed by atoms with Crippen LogP contribution in [-0.2, 0) is 0 Å². The van der Waals surface area contributed by atoms with Gasteiger partial charge in [-0.25, -0.2) is 0 Å². The van der Waals surface area contributed by atoms with Crippen molar-refractivity contribution in [1.29, 1.82) is 0 Å². The monoisotopic (exact) mass is 294 g/mol. The van der Waals surface area contributed by atoms with Gasteiger partial charge in [0.05, 0.1) is 0 Å². The van der Waals surface area contributed by atoms with Gasteiger partial charge in [0, 0.05) is 0 Å². The van der Waals surface area contributed by atoms with E-state index in [1.807, 2.05) is 0 Å². The second-order valence-corrected chi connectivity index (χ2v) is 5.83. The summed E-state index contributed by atoms with van der Waals surface area (Å²) in [6.45, 7) is 0. The third kappa shape index (κ3) is 1.92. The van der Waals surface area contributed by atoms with Crippen LogP contribution in [0.2, 0.25) is 0 Å². The summed E-state index contributed by atoms with van der Waals surface area (Å²) in [4.78, 5) is 0. The lowest BCUT2D eigenvalue weighted by molar-refractivity contribution is 1.78. The Balaban J connectivity index is 0.00000135. The molecule has 0 bridgehead atoms. The summed E-state index contributed by atoms with van der Waals surface area (Å²) < 4.78 is 0. The lowest BCUT2D eigenvalue weighted by Crippen LogP contribution is -1.82. The number of hydrogen-bond donors (Lipinski definition) is 0. The summed E-state index contributed by atoms with van der Waals surface area (Å²) in [5.41, 5.74) is 0. The fourth-order valence-corrected chi connectivity index (χ4v) is 3.59. The zero-order valence-corrected chi connectivity index (χ0v) is 12.1. The van der Waals surface area contributed by atoms with E-state index in [0.29, 0.717) is 0 Å². The molecule has 0 aliphatic heterocycles. The Morgan fingerprint density at radius 2 is 0.652 bits per heavy atom. The van der Waals surface area contributed by atoms with Gasteiger partial charge in [-0.1, -0.05) is 92.4 Å². The van der Waals surface area contributed by atoms with Crippen LogP contribution in [0.5, 0.6) is 0 Å². The SMILES string of the molecule is C.c1ccc2c(c1)ccc1c2ccc2c3ccccc3ccc21. The average molecular weight is 294 g/mol. The summed E-state index contributed by atoms with van der Waals surface area (Å²) >= 11 is 0. The standard InChI is InChI=1S/C22H14.CH4/c1-3-7-17-15(5-1)9-11-21-19(17)13-14-20-18-8-4-2-6-16(18)10-12-22(20)21;/h1-14H;1H4. The van der Waals surface area contributed by atoms with Gasteiger partial charge in [-0.15, -0.1) is 0 Å². The van der Waals surface area contributed by atoms with Crippen molar-refractivity contribution < 1.29 is 0 Å². The molecule has 0 amide bonds. The molecule has 0 aromatic heterocycles. The summed E-state index contributed by atoms with van der Waals surface area (Å²) in [6.07, 6.45) is 0. The van der Waals surface area contributed by atoms with E-state index in [2.05, 4.69) is 84.9 Å². The maximum Gasteiger partial charge on any atom is -0.00987 e. The van der Waals surface area contributed by atoms with Crippen LogP contribution in [0.15, 0.2) is 84.9 Å². The fourth-order valence-electron chi connectivity index (χ4n) is 3.59. The molecule has 0 saturated heterocycles. The van der Waals surface area contributed by atoms with E-state index in [4.69, 9.17) is 0 Å². The van der Waals surface area contributed by atoms with Crippen LogP contribution in [0.25, 0.3) is 43.1 Å². The minimum absolute atomic E-state index is 0. The summed E-state index contributed by atoms with van der Waals surface area (Å²) in [7, 11) is 0. The predicted octanol–water partition coefficient (Wildman–Crippen LogP) is 6.94. The normalized spacial score (nSPS) is 11.1. The molecule has 0 N–H and O–H groups in total. The molecule has 0 spiro atoms. The fraction of sp³-hybridized carbons (Fsp3) is 0.0435. The molecule has 0 heteroatoms. The van der Waals surface area contributed by atoms with Gasteiger partial charge >= 0.3 is 0 Å². The molecule has 0 aliphatic carbocycles. The van der Waals surface area contributed by atoms with Crippen molar-refractivity contribution >= 4 is 43.1 Å². The van der Waals surface area contributed by atoms with Crippen molar-refractivity contribution in [3.63, 3.8) is 0 Å². The van der Waals surface area contributed by atoms with Gasteiger partial charge in [0.15, 0.2) is 0 Å². The molecule has 23 heavy (non-hydrogen) atoms. The minimum Gasteiger partial charge on any atom is -0.0776 e. The highest BCUT2D eigenvalue weighted by Crippen LogP contribution is 2.34. The van der Waals surface area contributed by atoms with Crippen molar-refractivity contribution in [2.45, 2.75) is 7.43 Å². The van der Waals surface area contributed by atoms with Gasteiger partial charge in [0.25, 0.3) is 0 Å². The summed E-state index contributed by atoms with van der Waals surface area (Å²) in [6, 6.07) is 30.7. The number of benzene rings is 5. The Kier molecular flexibility index (Phi) is 3.06. The van der Waals surface area contributed by atoms with E-state index >= 15 is 0 Å². The molecule has 0 unspecified atom stereocenters. The third-order valence-corrected chi connectivity index (χ3v) is 4.65. The van der Waals surface area contributed by atoms with E-state index in [-0.39, 0.29) is 7.43 Å². The molecule has 0 atom stereocenters. The van der Waals surface area contributed by atoms with Gasteiger partial charge in [0.1, 0.15) is 0 Å². The highest BCUT2D eigenvalue weighted by atomic mass is 14.1. The molecule has 0 saturated carbocycles. The molecule has 0 nitrogen and oxygen atoms in total. The average Bonchev–Trinajstić information content (AvgIpc) is 2.60. The smallest absolute Gasteiger partial charge is 0.00987 e. The first kappa shape index (κ1) is 13.8. The van der Waals surface area contributed by atoms with Gasteiger partial charge in [-0.2, -0.15) is 0 Å². The number of hydrogen-bond acceptors (Lipinski definition) is 0. The van der Waals surface area contributed by atoms with E-state index in [1.54, 1.807) is 0 Å². The molecular formula is C23H18. The first-order valence-corrected chi connectivity index (χ1v) is 7.64. The highest BCUT2D eigenvalue weighted by molar-refractivity contribution is 6.22. The van der Waals surface area contributed by atoms with Crippen molar-refractivity contribution in [3.8, 4) is 0 Å². The molecule has 0 heterocycles. The summed E-state index contributed by atoms with van der Waals surface area (Å²) in [5.74, 6) is 0. The molecule has 110 valence electrons. The first-order valence-electron chi connectivity index (χ1n) is 7.64.